The van der Waals surface area contributed by atoms with Crippen LogP contribution in [0.3, 0.4) is 0 Å². The van der Waals surface area contributed by atoms with Gasteiger partial charge in [-0.2, -0.15) is 0 Å². The molecule has 1 atom stereocenters. The highest BCUT2D eigenvalue weighted by Crippen LogP contribution is 2.03. The standard InChI is InChI=1S/C13H29NO4S/c1-4-8-14-13(12-18-10-9-17-3)7-6-11-19(15,16)5-2/h13-14H,4-12H2,1-3H3. The van der Waals surface area contributed by atoms with E-state index in [2.05, 4.69) is 12.2 Å². The number of rotatable bonds is 13. The van der Waals surface area contributed by atoms with Gasteiger partial charge in [0, 0.05) is 18.9 Å². The fourth-order valence-electron chi connectivity index (χ4n) is 1.65. The Hall–Kier alpha value is -0.170. The molecule has 1 N–H and O–H groups in total. The molecule has 0 aromatic rings. The Balaban J connectivity index is 3.91. The van der Waals surface area contributed by atoms with Crippen molar-refractivity contribution in [2.45, 2.75) is 39.2 Å². The summed E-state index contributed by atoms with van der Waals surface area (Å²) in [6.45, 7) is 6.50. The molecular formula is C13H29NO4S. The Labute approximate surface area is 118 Å². The third-order valence-corrected chi connectivity index (χ3v) is 4.67. The molecule has 116 valence electrons. The third-order valence-electron chi connectivity index (χ3n) is 2.88. The summed E-state index contributed by atoms with van der Waals surface area (Å²) in [6.07, 6.45) is 2.57. The molecule has 0 saturated heterocycles. The fourth-order valence-corrected chi connectivity index (χ4v) is 2.55. The van der Waals surface area contributed by atoms with Gasteiger partial charge < -0.3 is 14.8 Å². The van der Waals surface area contributed by atoms with E-state index in [9.17, 15) is 8.42 Å². The maximum Gasteiger partial charge on any atom is 0.150 e. The first-order valence-electron chi connectivity index (χ1n) is 7.06. The van der Waals surface area contributed by atoms with Crippen LogP contribution in [0.4, 0.5) is 0 Å². The zero-order chi connectivity index (χ0) is 14.6. The van der Waals surface area contributed by atoms with Gasteiger partial charge in [-0.15, -0.1) is 0 Å². The van der Waals surface area contributed by atoms with Gasteiger partial charge in [-0.3, -0.25) is 0 Å². The minimum atomic E-state index is -2.85. The number of hydrogen-bond donors (Lipinski definition) is 1. The second-order valence-electron chi connectivity index (χ2n) is 4.60. The maximum absolute atomic E-state index is 11.4. The Morgan fingerprint density at radius 2 is 1.95 bits per heavy atom. The van der Waals surface area contributed by atoms with Crippen molar-refractivity contribution in [2.75, 3.05) is 45.0 Å². The first kappa shape index (κ1) is 18.8. The van der Waals surface area contributed by atoms with Crippen LogP contribution in [-0.4, -0.2) is 59.4 Å². The molecule has 0 amide bonds. The molecule has 6 heteroatoms. The fraction of sp³-hybridized carbons (Fsp3) is 1.00. The van der Waals surface area contributed by atoms with Crippen LogP contribution in [-0.2, 0) is 19.3 Å². The van der Waals surface area contributed by atoms with Gasteiger partial charge in [-0.25, -0.2) is 8.42 Å². The van der Waals surface area contributed by atoms with Crippen molar-refractivity contribution in [2.24, 2.45) is 0 Å². The topological polar surface area (TPSA) is 64.6 Å². The SMILES string of the molecule is CCCNC(CCCS(=O)(=O)CC)COCCOC. The van der Waals surface area contributed by atoms with E-state index in [4.69, 9.17) is 9.47 Å². The van der Waals surface area contributed by atoms with E-state index in [0.29, 0.717) is 26.2 Å². The predicted octanol–water partition coefficient (Wildman–Crippen LogP) is 1.23. The number of nitrogens with one attached hydrogen (secondary N) is 1. The molecule has 0 aliphatic heterocycles. The maximum atomic E-state index is 11.4. The summed E-state index contributed by atoms with van der Waals surface area (Å²) in [6, 6.07) is 0.226. The van der Waals surface area contributed by atoms with Gasteiger partial charge in [0.15, 0.2) is 0 Å². The summed E-state index contributed by atoms with van der Waals surface area (Å²) in [5.74, 6) is 0.496. The summed E-state index contributed by atoms with van der Waals surface area (Å²) in [4.78, 5) is 0. The van der Waals surface area contributed by atoms with Crippen LogP contribution in [0.25, 0.3) is 0 Å². The molecule has 0 bridgehead atoms. The lowest BCUT2D eigenvalue weighted by Crippen LogP contribution is -2.35. The van der Waals surface area contributed by atoms with Crippen molar-refractivity contribution in [3.63, 3.8) is 0 Å². The molecule has 1 unspecified atom stereocenters. The molecule has 0 fully saturated rings. The zero-order valence-corrected chi connectivity index (χ0v) is 13.3. The van der Waals surface area contributed by atoms with Gasteiger partial charge in [-0.05, 0) is 25.8 Å². The molecule has 0 heterocycles. The summed E-state index contributed by atoms with van der Waals surface area (Å²) >= 11 is 0. The highest BCUT2D eigenvalue weighted by Gasteiger charge is 2.11. The highest BCUT2D eigenvalue weighted by atomic mass is 32.2. The van der Waals surface area contributed by atoms with E-state index >= 15 is 0 Å². The van der Waals surface area contributed by atoms with Crippen molar-refractivity contribution in [3.8, 4) is 0 Å². The van der Waals surface area contributed by atoms with Gasteiger partial charge in [0.25, 0.3) is 0 Å². The second-order valence-corrected chi connectivity index (χ2v) is 7.07. The van der Waals surface area contributed by atoms with E-state index < -0.39 is 9.84 Å². The van der Waals surface area contributed by atoms with Crippen LogP contribution in [0, 0.1) is 0 Å². The molecule has 0 rings (SSSR count). The van der Waals surface area contributed by atoms with Crippen molar-refractivity contribution in [1.29, 1.82) is 0 Å². The largest absolute Gasteiger partial charge is 0.382 e. The van der Waals surface area contributed by atoms with Crippen LogP contribution in [0.5, 0.6) is 0 Å². The lowest BCUT2D eigenvalue weighted by atomic mass is 10.2. The first-order valence-corrected chi connectivity index (χ1v) is 8.88. The van der Waals surface area contributed by atoms with Crippen molar-refractivity contribution in [3.05, 3.63) is 0 Å². The van der Waals surface area contributed by atoms with Gasteiger partial charge in [0.1, 0.15) is 9.84 Å². The van der Waals surface area contributed by atoms with Gasteiger partial charge in [0.2, 0.25) is 0 Å². The molecule has 5 nitrogen and oxygen atoms in total. The Bertz CT molecular complexity index is 293. The molecule has 19 heavy (non-hydrogen) atoms. The van der Waals surface area contributed by atoms with E-state index in [1.165, 1.54) is 0 Å². The summed E-state index contributed by atoms with van der Waals surface area (Å²) in [7, 11) is -1.21. The van der Waals surface area contributed by atoms with Gasteiger partial charge >= 0.3 is 0 Å². The zero-order valence-electron chi connectivity index (χ0n) is 12.5. The Kier molecular flexibility index (Phi) is 11.5. The van der Waals surface area contributed by atoms with Crippen LogP contribution >= 0.6 is 0 Å². The molecule has 0 aliphatic carbocycles. The smallest absolute Gasteiger partial charge is 0.150 e. The Morgan fingerprint density at radius 1 is 1.21 bits per heavy atom. The first-order chi connectivity index (χ1) is 9.05. The molecule has 0 radical (unpaired) electrons. The van der Waals surface area contributed by atoms with Crippen LogP contribution < -0.4 is 5.32 Å². The highest BCUT2D eigenvalue weighted by molar-refractivity contribution is 7.91. The molecule has 0 aromatic heterocycles. The number of methoxy groups -OCH3 is 1. The third kappa shape index (κ3) is 11.4. The van der Waals surface area contributed by atoms with Gasteiger partial charge in [0.05, 0.1) is 25.6 Å². The van der Waals surface area contributed by atoms with Crippen LogP contribution in [0.2, 0.25) is 0 Å². The average Bonchev–Trinajstić information content (AvgIpc) is 2.40. The minimum Gasteiger partial charge on any atom is -0.382 e. The normalized spacial score (nSPS) is 13.6. The molecule has 0 aromatic carbocycles. The summed E-state index contributed by atoms with van der Waals surface area (Å²) in [5.41, 5.74) is 0. The average molecular weight is 295 g/mol. The molecule has 0 saturated carbocycles. The summed E-state index contributed by atoms with van der Waals surface area (Å²) in [5, 5.41) is 3.39. The van der Waals surface area contributed by atoms with Gasteiger partial charge in [-0.1, -0.05) is 13.8 Å². The number of ether oxygens (including phenoxy) is 2. The second kappa shape index (κ2) is 11.6. The van der Waals surface area contributed by atoms with Crippen LogP contribution in [0.15, 0.2) is 0 Å². The Morgan fingerprint density at radius 3 is 2.53 bits per heavy atom. The van der Waals surface area contributed by atoms with Crippen LogP contribution in [0.1, 0.15) is 33.1 Å². The number of hydrogen-bond acceptors (Lipinski definition) is 5. The molecule has 0 aliphatic rings. The lowest BCUT2D eigenvalue weighted by molar-refractivity contribution is 0.0574. The molecule has 0 spiro atoms. The molecular weight excluding hydrogens is 266 g/mol. The predicted molar refractivity (Wildman–Crippen MR) is 78.3 cm³/mol. The monoisotopic (exact) mass is 295 g/mol. The van der Waals surface area contributed by atoms with E-state index in [0.717, 1.165) is 19.4 Å². The summed E-state index contributed by atoms with van der Waals surface area (Å²) < 4.78 is 33.3. The van der Waals surface area contributed by atoms with E-state index in [-0.39, 0.29) is 17.5 Å². The lowest BCUT2D eigenvalue weighted by Gasteiger charge is -2.18. The van der Waals surface area contributed by atoms with E-state index in [1.807, 2.05) is 0 Å². The van der Waals surface area contributed by atoms with Crippen molar-refractivity contribution in [1.82, 2.24) is 5.32 Å². The van der Waals surface area contributed by atoms with Crippen molar-refractivity contribution < 1.29 is 17.9 Å². The minimum absolute atomic E-state index is 0.226. The van der Waals surface area contributed by atoms with Crippen molar-refractivity contribution >= 4 is 9.84 Å². The number of sulfone groups is 1. The quantitative estimate of drug-likeness (QED) is 0.518. The van der Waals surface area contributed by atoms with E-state index in [1.54, 1.807) is 14.0 Å².